The summed E-state index contributed by atoms with van der Waals surface area (Å²) >= 11 is 7.15. The number of anilines is 1. The quantitative estimate of drug-likeness (QED) is 0.876. The molecule has 0 saturated carbocycles. The van der Waals surface area contributed by atoms with Crippen LogP contribution in [0, 0.1) is 11.6 Å². The Morgan fingerprint density at radius 2 is 1.86 bits per heavy atom. The molecule has 0 aliphatic rings. The van der Waals surface area contributed by atoms with Crippen LogP contribution in [-0.2, 0) is 10.5 Å². The van der Waals surface area contributed by atoms with Crippen LogP contribution in [0.15, 0.2) is 42.5 Å². The number of amides is 1. The van der Waals surface area contributed by atoms with Crippen molar-refractivity contribution in [3.05, 3.63) is 64.7 Å². The maximum atomic E-state index is 13.5. The van der Waals surface area contributed by atoms with Gasteiger partial charge in [-0.2, -0.15) is 0 Å². The highest BCUT2D eigenvalue weighted by molar-refractivity contribution is 7.99. The standard InChI is InChI=1S/C15H12ClF2NOS/c16-13-2-1-3-14(18)12(13)8-21-9-15(20)19-11-6-4-10(17)5-7-11/h1-7H,8-9H2,(H,19,20). The van der Waals surface area contributed by atoms with Crippen molar-refractivity contribution in [2.75, 3.05) is 11.1 Å². The second-order valence-corrected chi connectivity index (χ2v) is 5.64. The van der Waals surface area contributed by atoms with Gasteiger partial charge in [0.15, 0.2) is 0 Å². The minimum absolute atomic E-state index is 0.155. The number of carbonyl (C=O) groups is 1. The Hall–Kier alpha value is -1.59. The van der Waals surface area contributed by atoms with Gasteiger partial charge in [0.1, 0.15) is 11.6 Å². The zero-order valence-corrected chi connectivity index (χ0v) is 12.5. The SMILES string of the molecule is O=C(CSCc1c(F)cccc1Cl)Nc1ccc(F)cc1. The Morgan fingerprint density at radius 3 is 2.52 bits per heavy atom. The summed E-state index contributed by atoms with van der Waals surface area (Å²) in [7, 11) is 0. The van der Waals surface area contributed by atoms with Crippen LogP contribution in [-0.4, -0.2) is 11.7 Å². The van der Waals surface area contributed by atoms with E-state index in [1.807, 2.05) is 0 Å². The van der Waals surface area contributed by atoms with Crippen LogP contribution in [0.25, 0.3) is 0 Å². The van der Waals surface area contributed by atoms with Gasteiger partial charge in [-0.3, -0.25) is 4.79 Å². The minimum atomic E-state index is -0.381. The number of thioether (sulfide) groups is 1. The monoisotopic (exact) mass is 327 g/mol. The maximum absolute atomic E-state index is 13.5. The number of carbonyl (C=O) groups excluding carboxylic acids is 1. The molecule has 6 heteroatoms. The van der Waals surface area contributed by atoms with Crippen molar-refractivity contribution in [2.45, 2.75) is 5.75 Å². The van der Waals surface area contributed by atoms with Gasteiger partial charge in [0.05, 0.1) is 5.75 Å². The molecule has 2 rings (SSSR count). The van der Waals surface area contributed by atoms with Gasteiger partial charge in [-0.1, -0.05) is 17.7 Å². The number of hydrogen-bond acceptors (Lipinski definition) is 2. The van der Waals surface area contributed by atoms with Crippen LogP contribution in [0.5, 0.6) is 0 Å². The summed E-state index contributed by atoms with van der Waals surface area (Å²) in [5.41, 5.74) is 0.907. The third-order valence-electron chi connectivity index (χ3n) is 2.67. The minimum Gasteiger partial charge on any atom is -0.325 e. The molecule has 0 aliphatic heterocycles. The molecular weight excluding hydrogens is 316 g/mol. The molecule has 0 radical (unpaired) electrons. The number of halogens is 3. The van der Waals surface area contributed by atoms with Crippen molar-refractivity contribution in [3.63, 3.8) is 0 Å². The van der Waals surface area contributed by atoms with Crippen LogP contribution in [0.3, 0.4) is 0 Å². The zero-order valence-electron chi connectivity index (χ0n) is 10.9. The molecule has 21 heavy (non-hydrogen) atoms. The number of rotatable bonds is 5. The van der Waals surface area contributed by atoms with Crippen molar-refractivity contribution in [1.82, 2.24) is 0 Å². The normalized spacial score (nSPS) is 10.4. The average Bonchev–Trinajstić information content (AvgIpc) is 2.45. The van der Waals surface area contributed by atoms with E-state index in [-0.39, 0.29) is 23.3 Å². The summed E-state index contributed by atoms with van der Waals surface area (Å²) in [6, 6.07) is 9.97. The molecule has 0 aliphatic carbocycles. The summed E-state index contributed by atoms with van der Waals surface area (Å²) in [5.74, 6) is -0.519. The third kappa shape index (κ3) is 4.72. The van der Waals surface area contributed by atoms with E-state index >= 15 is 0 Å². The molecule has 0 saturated heterocycles. The number of nitrogens with one attached hydrogen (secondary N) is 1. The Balaban J connectivity index is 1.83. The molecule has 0 spiro atoms. The second kappa shape index (κ2) is 7.43. The first-order valence-electron chi connectivity index (χ1n) is 6.12. The highest BCUT2D eigenvalue weighted by Gasteiger charge is 2.08. The number of hydrogen-bond donors (Lipinski definition) is 1. The first-order chi connectivity index (χ1) is 10.1. The third-order valence-corrected chi connectivity index (χ3v) is 3.98. The van der Waals surface area contributed by atoms with Crippen LogP contribution in [0.2, 0.25) is 5.02 Å². The van der Waals surface area contributed by atoms with E-state index in [1.165, 1.54) is 48.2 Å². The summed E-state index contributed by atoms with van der Waals surface area (Å²) in [6.07, 6.45) is 0. The fraction of sp³-hybridized carbons (Fsp3) is 0.133. The first-order valence-corrected chi connectivity index (χ1v) is 7.65. The predicted octanol–water partition coefficient (Wildman–Crippen LogP) is 4.49. The highest BCUT2D eigenvalue weighted by Crippen LogP contribution is 2.24. The lowest BCUT2D eigenvalue weighted by Crippen LogP contribution is -2.14. The molecule has 0 unspecified atom stereocenters. The molecule has 0 heterocycles. The fourth-order valence-electron chi connectivity index (χ4n) is 1.65. The lowest BCUT2D eigenvalue weighted by molar-refractivity contribution is -0.113. The van der Waals surface area contributed by atoms with Gasteiger partial charge in [-0.05, 0) is 36.4 Å². The molecule has 2 aromatic carbocycles. The molecular formula is C15H12ClF2NOS. The molecule has 0 atom stereocenters. The molecule has 110 valence electrons. The largest absolute Gasteiger partial charge is 0.325 e. The number of benzene rings is 2. The van der Waals surface area contributed by atoms with Gasteiger partial charge >= 0.3 is 0 Å². The topological polar surface area (TPSA) is 29.1 Å². The van der Waals surface area contributed by atoms with Crippen LogP contribution in [0.1, 0.15) is 5.56 Å². The van der Waals surface area contributed by atoms with Crippen molar-refractivity contribution in [1.29, 1.82) is 0 Å². The van der Waals surface area contributed by atoms with Crippen molar-refractivity contribution in [3.8, 4) is 0 Å². The summed E-state index contributed by atoms with van der Waals surface area (Å²) < 4.78 is 26.3. The summed E-state index contributed by atoms with van der Waals surface area (Å²) in [5, 5.41) is 2.98. The Morgan fingerprint density at radius 1 is 1.14 bits per heavy atom. The van der Waals surface area contributed by atoms with Crippen molar-refractivity contribution < 1.29 is 13.6 Å². The van der Waals surface area contributed by atoms with E-state index in [0.717, 1.165) is 0 Å². The summed E-state index contributed by atoms with van der Waals surface area (Å²) in [6.45, 7) is 0. The van der Waals surface area contributed by atoms with Gasteiger partial charge in [0, 0.05) is 22.0 Å². The Bertz CT molecular complexity index is 614. The van der Waals surface area contributed by atoms with Crippen LogP contribution < -0.4 is 5.32 Å². The maximum Gasteiger partial charge on any atom is 0.234 e. The zero-order chi connectivity index (χ0) is 15.2. The van der Waals surface area contributed by atoms with E-state index < -0.39 is 0 Å². The highest BCUT2D eigenvalue weighted by atomic mass is 35.5. The molecule has 0 aromatic heterocycles. The molecule has 0 fully saturated rings. The Kier molecular flexibility index (Phi) is 5.59. The van der Waals surface area contributed by atoms with Crippen molar-refractivity contribution in [2.24, 2.45) is 0 Å². The van der Waals surface area contributed by atoms with Crippen LogP contribution in [0.4, 0.5) is 14.5 Å². The first kappa shape index (κ1) is 15.8. The van der Waals surface area contributed by atoms with Gasteiger partial charge < -0.3 is 5.32 Å². The molecule has 2 aromatic rings. The Labute approximate surface area is 130 Å². The second-order valence-electron chi connectivity index (χ2n) is 4.25. The van der Waals surface area contributed by atoms with Gasteiger partial charge in [-0.25, -0.2) is 8.78 Å². The fourth-order valence-corrected chi connectivity index (χ4v) is 2.81. The molecule has 1 N–H and O–H groups in total. The van der Waals surface area contributed by atoms with Crippen molar-refractivity contribution >= 4 is 35.0 Å². The summed E-state index contributed by atoms with van der Waals surface area (Å²) in [4.78, 5) is 11.7. The van der Waals surface area contributed by atoms with E-state index in [9.17, 15) is 13.6 Å². The van der Waals surface area contributed by atoms with E-state index in [1.54, 1.807) is 6.07 Å². The lowest BCUT2D eigenvalue weighted by Gasteiger charge is -2.07. The molecule has 2 nitrogen and oxygen atoms in total. The average molecular weight is 328 g/mol. The van der Waals surface area contributed by atoms with E-state index in [4.69, 9.17) is 11.6 Å². The van der Waals surface area contributed by atoms with Crippen LogP contribution >= 0.6 is 23.4 Å². The predicted molar refractivity (Wildman–Crippen MR) is 82.6 cm³/mol. The van der Waals surface area contributed by atoms with E-state index in [0.29, 0.717) is 22.0 Å². The van der Waals surface area contributed by atoms with Gasteiger partial charge in [0.25, 0.3) is 0 Å². The lowest BCUT2D eigenvalue weighted by atomic mass is 10.2. The molecule has 1 amide bonds. The van der Waals surface area contributed by atoms with E-state index in [2.05, 4.69) is 5.32 Å². The van der Waals surface area contributed by atoms with Gasteiger partial charge in [-0.15, -0.1) is 11.8 Å². The molecule has 0 bridgehead atoms. The smallest absolute Gasteiger partial charge is 0.234 e. The van der Waals surface area contributed by atoms with Gasteiger partial charge in [0.2, 0.25) is 5.91 Å².